The summed E-state index contributed by atoms with van der Waals surface area (Å²) in [4.78, 5) is 14.2. The van der Waals surface area contributed by atoms with Crippen molar-refractivity contribution >= 4 is 25.8 Å². The third-order valence-corrected chi connectivity index (χ3v) is 12.5. The molecule has 0 aromatic heterocycles. The maximum atomic E-state index is 14.5. The summed E-state index contributed by atoms with van der Waals surface area (Å²) < 4.78 is 60.2. The molecule has 2 aliphatic heterocycles. The fraction of sp³-hybridized carbons (Fsp3) is 0.265. The molecular weight excluding hydrogens is 581 g/mol. The second-order valence-corrected chi connectivity index (χ2v) is 15.2. The van der Waals surface area contributed by atoms with Gasteiger partial charge < -0.3 is 0 Å². The lowest BCUT2D eigenvalue weighted by Gasteiger charge is -2.51. The van der Waals surface area contributed by atoms with Crippen LogP contribution in [0.2, 0.25) is 0 Å². The Morgan fingerprint density at radius 1 is 0.605 bits per heavy atom. The molecule has 7 nitrogen and oxygen atoms in total. The maximum Gasteiger partial charge on any atom is 0.243 e. The van der Waals surface area contributed by atoms with Crippen molar-refractivity contribution in [1.82, 2.24) is 8.61 Å². The minimum atomic E-state index is -4.07. The van der Waals surface area contributed by atoms with Crippen molar-refractivity contribution in [2.45, 2.75) is 54.6 Å². The Hall–Kier alpha value is -3.63. The van der Waals surface area contributed by atoms with Gasteiger partial charge in [-0.25, -0.2) is 16.8 Å². The smallest absolute Gasteiger partial charge is 0.243 e. The van der Waals surface area contributed by atoms with Crippen molar-refractivity contribution in [3.63, 3.8) is 0 Å². The lowest BCUT2D eigenvalue weighted by atomic mass is 9.77. The van der Waals surface area contributed by atoms with E-state index < -0.39 is 44.1 Å². The number of Topliss-reactive ketones (excluding diaryl/α,β-unsaturated/α-hetero) is 1. The highest BCUT2D eigenvalue weighted by molar-refractivity contribution is 7.89. The maximum absolute atomic E-state index is 14.5. The zero-order chi connectivity index (χ0) is 30.4. The first-order valence-electron chi connectivity index (χ1n) is 14.4. The largest absolute Gasteiger partial charge is 0.299 e. The van der Waals surface area contributed by atoms with Crippen LogP contribution in [-0.4, -0.2) is 43.8 Å². The second-order valence-electron chi connectivity index (χ2n) is 11.5. The monoisotopic (exact) mass is 614 g/mol. The van der Waals surface area contributed by atoms with Crippen molar-refractivity contribution in [3.05, 3.63) is 131 Å². The van der Waals surface area contributed by atoms with E-state index in [4.69, 9.17) is 0 Å². The number of carbonyl (C=O) groups excluding carboxylic acids is 1. The van der Waals surface area contributed by atoms with E-state index in [-0.39, 0.29) is 35.0 Å². The zero-order valence-electron chi connectivity index (χ0n) is 24.1. The first kappa shape index (κ1) is 29.4. The van der Waals surface area contributed by atoms with Crippen LogP contribution in [-0.2, 0) is 24.8 Å². The van der Waals surface area contributed by atoms with Gasteiger partial charge in [0.25, 0.3) is 0 Å². The molecule has 2 saturated heterocycles. The van der Waals surface area contributed by atoms with E-state index in [2.05, 4.69) is 0 Å². The number of carbonyl (C=O) groups is 1. The first-order valence-corrected chi connectivity index (χ1v) is 17.3. The minimum absolute atomic E-state index is 0.0370. The normalized spacial score (nSPS) is 23.5. The third-order valence-electron chi connectivity index (χ3n) is 8.69. The van der Waals surface area contributed by atoms with Gasteiger partial charge in [0.05, 0.1) is 21.9 Å². The van der Waals surface area contributed by atoms with Crippen LogP contribution in [0.15, 0.2) is 119 Å². The zero-order valence-corrected chi connectivity index (χ0v) is 25.7. The van der Waals surface area contributed by atoms with Crippen LogP contribution in [0.4, 0.5) is 0 Å². The van der Waals surface area contributed by atoms with Gasteiger partial charge in [0.1, 0.15) is 5.78 Å². The van der Waals surface area contributed by atoms with Crippen molar-refractivity contribution < 1.29 is 21.6 Å². The Balaban J connectivity index is 1.51. The van der Waals surface area contributed by atoms with Gasteiger partial charge in [-0.2, -0.15) is 8.61 Å². The van der Waals surface area contributed by atoms with E-state index in [1.54, 1.807) is 54.6 Å². The van der Waals surface area contributed by atoms with E-state index >= 15 is 0 Å². The molecule has 0 aliphatic carbocycles. The standard InChI is InChI=1S/C34H34N2O5S2/c1-24-13-17-27(18-14-24)31-21-33-30(23-35(31)42(38,39)28-11-7-4-8-12-28)34(37)22-32(26-9-5-3-6-10-26)36(33)43(40,41)29-19-15-25(2)16-20-29/h3-20,30-33H,21-23H2,1-2H3/t30-,31+,32+,33+/m1/s1. The Kier molecular flexibility index (Phi) is 7.85. The minimum Gasteiger partial charge on any atom is -0.299 e. The number of fused-ring (bicyclic) bond motifs is 1. The summed E-state index contributed by atoms with van der Waals surface area (Å²) in [5.74, 6) is -0.954. The quantitative estimate of drug-likeness (QED) is 0.273. The summed E-state index contributed by atoms with van der Waals surface area (Å²) in [7, 11) is -8.08. The number of nitrogens with zero attached hydrogens (tertiary/aromatic N) is 2. The molecule has 4 aromatic rings. The average molecular weight is 615 g/mol. The van der Waals surface area contributed by atoms with Crippen LogP contribution >= 0.6 is 0 Å². The van der Waals surface area contributed by atoms with Crippen LogP contribution in [0.25, 0.3) is 0 Å². The molecule has 4 atom stereocenters. The van der Waals surface area contributed by atoms with Crippen molar-refractivity contribution in [1.29, 1.82) is 0 Å². The lowest BCUT2D eigenvalue weighted by Crippen LogP contribution is -2.60. The van der Waals surface area contributed by atoms with Gasteiger partial charge in [-0.1, -0.05) is 96.1 Å². The number of benzene rings is 4. The van der Waals surface area contributed by atoms with Gasteiger partial charge in [-0.15, -0.1) is 0 Å². The Bertz CT molecular complexity index is 1830. The molecule has 2 aliphatic rings. The molecule has 4 aromatic carbocycles. The number of sulfonamides is 2. The molecule has 2 fully saturated rings. The molecular formula is C34H34N2O5S2. The molecule has 0 amide bonds. The summed E-state index contributed by atoms with van der Waals surface area (Å²) in [5, 5.41) is 0. The van der Waals surface area contributed by atoms with Gasteiger partial charge in [0, 0.05) is 24.9 Å². The molecule has 2 heterocycles. The van der Waals surface area contributed by atoms with Crippen LogP contribution in [0.5, 0.6) is 0 Å². The molecule has 0 unspecified atom stereocenters. The summed E-state index contributed by atoms with van der Waals surface area (Å²) in [6, 6.07) is 29.7. The van der Waals surface area contributed by atoms with Gasteiger partial charge in [-0.05, 0) is 55.7 Å². The average Bonchev–Trinajstić information content (AvgIpc) is 3.01. The predicted octanol–water partition coefficient (Wildman–Crippen LogP) is 5.83. The lowest BCUT2D eigenvalue weighted by molar-refractivity contribution is -0.132. The Morgan fingerprint density at radius 2 is 1.12 bits per heavy atom. The van der Waals surface area contributed by atoms with E-state index in [9.17, 15) is 21.6 Å². The molecule has 0 spiro atoms. The highest BCUT2D eigenvalue weighted by Crippen LogP contribution is 2.48. The number of aryl methyl sites for hydroxylation is 2. The van der Waals surface area contributed by atoms with Gasteiger partial charge in [-0.3, -0.25) is 4.79 Å². The molecule has 0 saturated carbocycles. The fourth-order valence-electron chi connectivity index (χ4n) is 6.42. The molecule has 0 N–H and O–H groups in total. The molecule has 43 heavy (non-hydrogen) atoms. The van der Waals surface area contributed by atoms with Crippen LogP contribution < -0.4 is 0 Å². The third kappa shape index (κ3) is 5.47. The highest BCUT2D eigenvalue weighted by atomic mass is 32.2. The SMILES string of the molecule is Cc1ccc([C@@H]2C[C@H]3[C@@H](CN2S(=O)(=O)c2ccccc2)C(=O)C[C@@H](c2ccccc2)N3S(=O)(=O)c2ccc(C)cc2)cc1. The molecule has 0 radical (unpaired) electrons. The number of ketones is 1. The highest BCUT2D eigenvalue weighted by Gasteiger charge is 2.54. The van der Waals surface area contributed by atoms with Crippen LogP contribution in [0.3, 0.4) is 0 Å². The molecule has 9 heteroatoms. The van der Waals surface area contributed by atoms with Crippen LogP contribution in [0.1, 0.15) is 47.2 Å². The summed E-state index contributed by atoms with van der Waals surface area (Å²) in [5.41, 5.74) is 3.45. The van der Waals surface area contributed by atoms with E-state index in [1.165, 1.54) is 8.61 Å². The van der Waals surface area contributed by atoms with E-state index in [0.717, 1.165) is 22.3 Å². The second kappa shape index (κ2) is 11.5. The van der Waals surface area contributed by atoms with Gasteiger partial charge >= 0.3 is 0 Å². The number of hydrogen-bond donors (Lipinski definition) is 0. The van der Waals surface area contributed by atoms with E-state index in [0.29, 0.717) is 0 Å². The van der Waals surface area contributed by atoms with Gasteiger partial charge in [0.15, 0.2) is 0 Å². The summed E-state index contributed by atoms with van der Waals surface area (Å²) >= 11 is 0. The Labute approximate surface area is 253 Å². The first-order chi connectivity index (χ1) is 20.6. The van der Waals surface area contributed by atoms with Gasteiger partial charge in [0.2, 0.25) is 20.0 Å². The summed E-state index contributed by atoms with van der Waals surface area (Å²) in [6.45, 7) is 3.74. The number of rotatable bonds is 6. The molecule has 6 rings (SSSR count). The van der Waals surface area contributed by atoms with Crippen molar-refractivity contribution in [2.75, 3.05) is 6.54 Å². The number of piperidine rings is 2. The summed E-state index contributed by atoms with van der Waals surface area (Å²) in [6.07, 6.45) is 0.102. The van der Waals surface area contributed by atoms with Crippen molar-refractivity contribution in [2.24, 2.45) is 5.92 Å². The predicted molar refractivity (Wildman–Crippen MR) is 165 cm³/mol. The molecule has 0 bridgehead atoms. The van der Waals surface area contributed by atoms with E-state index in [1.807, 2.05) is 68.4 Å². The van der Waals surface area contributed by atoms with Crippen molar-refractivity contribution in [3.8, 4) is 0 Å². The topological polar surface area (TPSA) is 91.8 Å². The number of hydrogen-bond acceptors (Lipinski definition) is 5. The van der Waals surface area contributed by atoms with Crippen LogP contribution in [0, 0.1) is 19.8 Å². The Morgan fingerprint density at radius 3 is 1.72 bits per heavy atom. The fourth-order valence-corrected chi connectivity index (χ4v) is 9.93. The molecule has 222 valence electrons.